The topological polar surface area (TPSA) is 61.2 Å². The normalized spacial score (nSPS) is 15.1. The Hall–Kier alpha value is -3.51. The standard InChI is InChI=1S/C22H14N2O3S/c1-24-17-12-14(28-21(17)23-20(24)13-7-3-2-4-8-13)11-16-19(25)15-9-5-6-10-18(15)27-22(16)26/h2-12H,1H3/b16-11-. The molecule has 5 rings (SSSR count). The zero-order valence-electron chi connectivity index (χ0n) is 14.9. The maximum absolute atomic E-state index is 12.7. The summed E-state index contributed by atoms with van der Waals surface area (Å²) in [5.41, 5.74) is 2.43. The van der Waals surface area contributed by atoms with Crippen LogP contribution in [0.3, 0.4) is 0 Å². The van der Waals surface area contributed by atoms with Gasteiger partial charge in [-0.1, -0.05) is 42.5 Å². The van der Waals surface area contributed by atoms with Crippen molar-refractivity contribution in [3.8, 4) is 17.1 Å². The van der Waals surface area contributed by atoms with E-state index >= 15 is 0 Å². The molecular formula is C22H14N2O3S. The highest BCUT2D eigenvalue weighted by atomic mass is 32.1. The first-order valence-corrected chi connectivity index (χ1v) is 9.53. The van der Waals surface area contributed by atoms with Crippen LogP contribution in [-0.4, -0.2) is 21.3 Å². The Balaban J connectivity index is 1.56. The molecule has 0 aliphatic carbocycles. The van der Waals surface area contributed by atoms with Crippen molar-refractivity contribution in [3.63, 3.8) is 0 Å². The highest BCUT2D eigenvalue weighted by molar-refractivity contribution is 7.19. The number of hydrogen-bond donors (Lipinski definition) is 0. The van der Waals surface area contributed by atoms with E-state index in [1.165, 1.54) is 11.3 Å². The summed E-state index contributed by atoms with van der Waals surface area (Å²) in [6.07, 6.45) is 1.59. The summed E-state index contributed by atoms with van der Waals surface area (Å²) in [5, 5.41) is 0. The Bertz CT molecular complexity index is 1280. The van der Waals surface area contributed by atoms with E-state index in [-0.39, 0.29) is 11.4 Å². The van der Waals surface area contributed by atoms with E-state index in [4.69, 9.17) is 9.72 Å². The Kier molecular flexibility index (Phi) is 3.74. The number of para-hydroxylation sites is 1. The quantitative estimate of drug-likeness (QED) is 0.220. The zero-order valence-corrected chi connectivity index (χ0v) is 15.7. The van der Waals surface area contributed by atoms with Gasteiger partial charge in [0.05, 0.1) is 11.1 Å². The third-order valence-corrected chi connectivity index (χ3v) is 5.68. The van der Waals surface area contributed by atoms with Gasteiger partial charge >= 0.3 is 5.97 Å². The van der Waals surface area contributed by atoms with Gasteiger partial charge in [0.15, 0.2) is 0 Å². The number of carbonyl (C=O) groups excluding carboxylic acids is 2. The first-order valence-electron chi connectivity index (χ1n) is 8.71. The van der Waals surface area contributed by atoms with Gasteiger partial charge in [0.25, 0.3) is 0 Å². The smallest absolute Gasteiger partial charge is 0.347 e. The van der Waals surface area contributed by atoms with Gasteiger partial charge < -0.3 is 9.30 Å². The SMILES string of the molecule is Cn1c(-c2ccccc2)nc2sc(/C=C3\C(=O)Oc4ccccc4C3=O)cc21. The van der Waals surface area contributed by atoms with Crippen molar-refractivity contribution in [2.24, 2.45) is 7.05 Å². The second-order valence-corrected chi connectivity index (χ2v) is 7.53. The van der Waals surface area contributed by atoms with Crippen LogP contribution in [0.1, 0.15) is 15.2 Å². The fraction of sp³-hybridized carbons (Fsp3) is 0.0455. The number of ketones is 1. The van der Waals surface area contributed by atoms with E-state index in [9.17, 15) is 9.59 Å². The lowest BCUT2D eigenvalue weighted by Crippen LogP contribution is -2.24. The number of benzene rings is 2. The van der Waals surface area contributed by atoms with Gasteiger partial charge in [0.1, 0.15) is 22.0 Å². The molecule has 4 aromatic rings. The minimum Gasteiger partial charge on any atom is -0.422 e. The number of imidazole rings is 1. The molecule has 0 fully saturated rings. The van der Waals surface area contributed by atoms with E-state index in [2.05, 4.69) is 0 Å². The molecule has 0 radical (unpaired) electrons. The number of carbonyl (C=O) groups is 2. The molecular weight excluding hydrogens is 372 g/mol. The molecule has 6 heteroatoms. The van der Waals surface area contributed by atoms with Gasteiger partial charge in [0.2, 0.25) is 5.78 Å². The minimum absolute atomic E-state index is 0.0357. The fourth-order valence-corrected chi connectivity index (χ4v) is 4.32. The molecule has 0 N–H and O–H groups in total. The lowest BCUT2D eigenvalue weighted by atomic mass is 9.99. The first kappa shape index (κ1) is 16.6. The average molecular weight is 386 g/mol. The number of fused-ring (bicyclic) bond motifs is 2. The molecule has 28 heavy (non-hydrogen) atoms. The summed E-state index contributed by atoms with van der Waals surface area (Å²) in [6, 6.07) is 18.7. The van der Waals surface area contributed by atoms with Crippen molar-refractivity contribution in [1.29, 1.82) is 0 Å². The lowest BCUT2D eigenvalue weighted by molar-refractivity contribution is -0.130. The van der Waals surface area contributed by atoms with Crippen LogP contribution in [0, 0.1) is 0 Å². The summed E-state index contributed by atoms with van der Waals surface area (Å²) in [6.45, 7) is 0. The van der Waals surface area contributed by atoms with E-state index in [1.54, 1.807) is 30.3 Å². The molecule has 5 nitrogen and oxygen atoms in total. The molecule has 0 saturated heterocycles. The third kappa shape index (κ3) is 2.58. The second-order valence-electron chi connectivity index (χ2n) is 6.47. The monoisotopic (exact) mass is 386 g/mol. The fourth-order valence-electron chi connectivity index (χ4n) is 3.31. The zero-order chi connectivity index (χ0) is 19.3. The number of aromatic nitrogens is 2. The molecule has 2 aromatic heterocycles. The van der Waals surface area contributed by atoms with Gasteiger partial charge in [-0.15, -0.1) is 11.3 Å². The van der Waals surface area contributed by atoms with Gasteiger partial charge in [-0.2, -0.15) is 0 Å². The van der Waals surface area contributed by atoms with Crippen molar-refractivity contribution < 1.29 is 14.3 Å². The van der Waals surface area contributed by atoms with Gasteiger partial charge in [0, 0.05) is 17.5 Å². The molecule has 0 atom stereocenters. The molecule has 0 amide bonds. The Morgan fingerprint density at radius 1 is 1.04 bits per heavy atom. The molecule has 0 saturated carbocycles. The van der Waals surface area contributed by atoms with Crippen molar-refractivity contribution in [2.75, 3.05) is 0 Å². The molecule has 3 heterocycles. The highest BCUT2D eigenvalue weighted by Crippen LogP contribution is 2.33. The number of hydrogen-bond acceptors (Lipinski definition) is 5. The summed E-state index contributed by atoms with van der Waals surface area (Å²) in [7, 11) is 1.96. The Labute approximate surface area is 164 Å². The van der Waals surface area contributed by atoms with Crippen LogP contribution in [0.15, 0.2) is 66.2 Å². The maximum Gasteiger partial charge on any atom is 0.347 e. The summed E-state index contributed by atoms with van der Waals surface area (Å²) in [5.74, 6) is 0.240. The average Bonchev–Trinajstić information content (AvgIpc) is 3.24. The minimum atomic E-state index is -0.626. The van der Waals surface area contributed by atoms with Gasteiger partial charge in [-0.3, -0.25) is 4.79 Å². The number of esters is 1. The summed E-state index contributed by atoms with van der Waals surface area (Å²) >= 11 is 1.44. The second kappa shape index (κ2) is 6.28. The van der Waals surface area contributed by atoms with Crippen LogP contribution in [-0.2, 0) is 11.8 Å². The number of nitrogens with zero attached hydrogens (tertiary/aromatic N) is 2. The molecule has 0 spiro atoms. The van der Waals surface area contributed by atoms with E-state index in [0.29, 0.717) is 11.3 Å². The number of rotatable bonds is 2. The molecule has 0 bridgehead atoms. The van der Waals surface area contributed by atoms with Crippen molar-refractivity contribution in [1.82, 2.24) is 9.55 Å². The van der Waals surface area contributed by atoms with Crippen LogP contribution in [0.25, 0.3) is 27.8 Å². The number of Topliss-reactive ketones (excluding diaryl/α,β-unsaturated/α-hetero) is 1. The van der Waals surface area contributed by atoms with E-state index in [0.717, 1.165) is 26.6 Å². The van der Waals surface area contributed by atoms with Crippen molar-refractivity contribution in [2.45, 2.75) is 0 Å². The molecule has 2 aromatic carbocycles. The van der Waals surface area contributed by atoms with Crippen LogP contribution in [0.5, 0.6) is 5.75 Å². The number of ether oxygens (including phenoxy) is 1. The highest BCUT2D eigenvalue weighted by Gasteiger charge is 2.30. The summed E-state index contributed by atoms with van der Waals surface area (Å²) < 4.78 is 7.31. The third-order valence-electron chi connectivity index (χ3n) is 4.72. The molecule has 0 unspecified atom stereocenters. The van der Waals surface area contributed by atoms with Crippen LogP contribution >= 0.6 is 11.3 Å². The lowest BCUT2D eigenvalue weighted by Gasteiger charge is -2.16. The van der Waals surface area contributed by atoms with Crippen LogP contribution < -0.4 is 4.74 Å². The van der Waals surface area contributed by atoms with E-state index in [1.807, 2.05) is 48.0 Å². The molecule has 136 valence electrons. The predicted octanol–water partition coefficient (Wildman–Crippen LogP) is 4.49. The van der Waals surface area contributed by atoms with Crippen LogP contribution in [0.2, 0.25) is 0 Å². The van der Waals surface area contributed by atoms with E-state index < -0.39 is 5.97 Å². The predicted molar refractivity (Wildman–Crippen MR) is 108 cm³/mol. The number of thiophene rings is 1. The number of aryl methyl sites for hydroxylation is 1. The first-order chi connectivity index (χ1) is 13.6. The van der Waals surface area contributed by atoms with Crippen molar-refractivity contribution in [3.05, 3.63) is 76.7 Å². The molecule has 1 aliphatic rings. The van der Waals surface area contributed by atoms with Gasteiger partial charge in [-0.25, -0.2) is 9.78 Å². The van der Waals surface area contributed by atoms with Gasteiger partial charge in [-0.05, 0) is 24.3 Å². The maximum atomic E-state index is 12.7. The Morgan fingerprint density at radius 3 is 2.57 bits per heavy atom. The van der Waals surface area contributed by atoms with Crippen LogP contribution in [0.4, 0.5) is 0 Å². The summed E-state index contributed by atoms with van der Waals surface area (Å²) in [4.78, 5) is 31.4. The molecule has 1 aliphatic heterocycles. The van der Waals surface area contributed by atoms with Crippen molar-refractivity contribution >= 4 is 39.5 Å². The Morgan fingerprint density at radius 2 is 1.79 bits per heavy atom. The largest absolute Gasteiger partial charge is 0.422 e.